The number of anilines is 3. The van der Waals surface area contributed by atoms with Crippen LogP contribution in [0.3, 0.4) is 0 Å². The van der Waals surface area contributed by atoms with Crippen molar-refractivity contribution in [1.82, 2.24) is 15.0 Å². The number of thiazole rings is 1. The molecule has 0 amide bonds. The average Bonchev–Trinajstić information content (AvgIpc) is 3.37. The van der Waals surface area contributed by atoms with E-state index in [0.29, 0.717) is 15.8 Å². The molecule has 1 aliphatic heterocycles. The van der Waals surface area contributed by atoms with Gasteiger partial charge < -0.3 is 15.0 Å². The summed E-state index contributed by atoms with van der Waals surface area (Å²) in [5.41, 5.74) is 1.21. The van der Waals surface area contributed by atoms with Gasteiger partial charge in [-0.1, -0.05) is 23.5 Å². The number of hydrogen-bond acceptors (Lipinski definition) is 8. The van der Waals surface area contributed by atoms with E-state index in [2.05, 4.69) is 38.4 Å². The molecule has 3 aromatic rings. The summed E-state index contributed by atoms with van der Waals surface area (Å²) in [7, 11) is 1.68. The van der Waals surface area contributed by atoms with E-state index in [9.17, 15) is 0 Å². The lowest BCUT2D eigenvalue weighted by atomic mass is 10.0. The van der Waals surface area contributed by atoms with E-state index in [-0.39, 0.29) is 6.04 Å². The van der Waals surface area contributed by atoms with Crippen LogP contribution in [0.1, 0.15) is 29.3 Å². The molecule has 1 N–H and O–H groups in total. The van der Waals surface area contributed by atoms with Crippen LogP contribution in [0.4, 0.5) is 16.8 Å². The van der Waals surface area contributed by atoms with Gasteiger partial charge in [0, 0.05) is 6.54 Å². The highest BCUT2D eigenvalue weighted by Gasteiger charge is 2.27. The predicted octanol–water partition coefficient (Wildman–Crippen LogP) is 3.90. The molecule has 0 bridgehead atoms. The molecule has 136 valence electrons. The van der Waals surface area contributed by atoms with Crippen LogP contribution >= 0.6 is 11.3 Å². The molecule has 1 atom stereocenters. The van der Waals surface area contributed by atoms with Gasteiger partial charge in [0.25, 0.3) is 0 Å². The molecule has 1 aliphatic rings. The highest BCUT2D eigenvalue weighted by molar-refractivity contribution is 7.16. The lowest BCUT2D eigenvalue weighted by Crippen LogP contribution is -2.24. The summed E-state index contributed by atoms with van der Waals surface area (Å²) < 4.78 is 5.37. The first kappa shape index (κ1) is 17.2. The first-order valence-electron chi connectivity index (χ1n) is 8.62. The van der Waals surface area contributed by atoms with Crippen LogP contribution in [-0.2, 0) is 0 Å². The lowest BCUT2D eigenvalue weighted by Gasteiger charge is -2.26. The van der Waals surface area contributed by atoms with E-state index in [1.165, 1.54) is 16.9 Å². The normalized spacial score (nSPS) is 16.1. The number of hydrogen-bond donors (Lipinski definition) is 1. The largest absolute Gasteiger partial charge is 0.497 e. The number of methoxy groups -OCH3 is 1. The molecule has 8 heteroatoms. The molecule has 1 unspecified atom stereocenters. The van der Waals surface area contributed by atoms with Crippen molar-refractivity contribution in [2.24, 2.45) is 0 Å². The topological polar surface area (TPSA) is 87.0 Å². The van der Waals surface area contributed by atoms with Gasteiger partial charge in [-0.05, 0) is 30.5 Å². The molecule has 4 rings (SSSR count). The third-order valence-electron chi connectivity index (χ3n) is 4.50. The van der Waals surface area contributed by atoms with Gasteiger partial charge in [0.2, 0.25) is 0 Å². The van der Waals surface area contributed by atoms with Crippen molar-refractivity contribution < 1.29 is 4.74 Å². The first-order chi connectivity index (χ1) is 13.3. The van der Waals surface area contributed by atoms with Crippen molar-refractivity contribution in [3.63, 3.8) is 0 Å². The summed E-state index contributed by atoms with van der Waals surface area (Å²) in [5, 5.41) is 12.7. The Morgan fingerprint density at radius 3 is 3.07 bits per heavy atom. The van der Waals surface area contributed by atoms with Gasteiger partial charge in [-0.3, -0.25) is 4.98 Å². The maximum absolute atomic E-state index is 8.93. The Labute approximate surface area is 161 Å². The van der Waals surface area contributed by atoms with E-state index < -0.39 is 0 Å². The van der Waals surface area contributed by atoms with E-state index in [4.69, 9.17) is 15.0 Å². The molecular formula is C19H18N6OS. The quantitative estimate of drug-likeness (QED) is 0.720. The summed E-state index contributed by atoms with van der Waals surface area (Å²) in [6.45, 7) is 0.926. The number of benzene rings is 1. The molecule has 0 radical (unpaired) electrons. The molecule has 1 fully saturated rings. The minimum atomic E-state index is 0.245. The van der Waals surface area contributed by atoms with Crippen molar-refractivity contribution in [1.29, 1.82) is 5.26 Å². The second-order valence-electron chi connectivity index (χ2n) is 6.16. The zero-order valence-corrected chi connectivity index (χ0v) is 15.6. The fourth-order valence-electron chi connectivity index (χ4n) is 3.28. The fourth-order valence-corrected chi connectivity index (χ4v) is 3.90. The van der Waals surface area contributed by atoms with Crippen molar-refractivity contribution in [3.8, 4) is 11.8 Å². The number of aromatic nitrogens is 3. The standard InChI is InChI=1S/C19H18N6OS/c1-26-14-5-2-4-13(8-14)16-6-3-7-25(16)18-12-21-11-17(23-18)24-19-22-10-15(9-20)27-19/h2,4-5,8,10-12,16H,3,6-7H2,1H3,(H,22,23,24). The third-order valence-corrected chi connectivity index (χ3v) is 5.32. The van der Waals surface area contributed by atoms with Gasteiger partial charge in [-0.2, -0.15) is 5.26 Å². The predicted molar refractivity (Wildman–Crippen MR) is 104 cm³/mol. The molecule has 1 saturated heterocycles. The smallest absolute Gasteiger partial charge is 0.189 e. The Morgan fingerprint density at radius 1 is 1.33 bits per heavy atom. The van der Waals surface area contributed by atoms with Crippen molar-refractivity contribution in [3.05, 3.63) is 53.3 Å². The van der Waals surface area contributed by atoms with Crippen LogP contribution in [-0.4, -0.2) is 28.6 Å². The maximum atomic E-state index is 8.93. The van der Waals surface area contributed by atoms with Gasteiger partial charge in [0.15, 0.2) is 10.9 Å². The van der Waals surface area contributed by atoms with Crippen LogP contribution in [0.25, 0.3) is 0 Å². The Bertz CT molecular complexity index is 982. The Kier molecular flexibility index (Phi) is 4.85. The number of nitrogens with one attached hydrogen (secondary N) is 1. The van der Waals surface area contributed by atoms with E-state index in [1.54, 1.807) is 25.7 Å². The highest BCUT2D eigenvalue weighted by Crippen LogP contribution is 2.36. The molecule has 1 aromatic carbocycles. The van der Waals surface area contributed by atoms with E-state index >= 15 is 0 Å². The van der Waals surface area contributed by atoms with Crippen LogP contribution in [0, 0.1) is 11.3 Å². The first-order valence-corrected chi connectivity index (χ1v) is 9.44. The van der Waals surface area contributed by atoms with Crippen LogP contribution in [0.2, 0.25) is 0 Å². The van der Waals surface area contributed by atoms with Crippen LogP contribution < -0.4 is 15.0 Å². The van der Waals surface area contributed by atoms with Gasteiger partial charge in [0.1, 0.15) is 22.5 Å². The van der Waals surface area contributed by atoms with Gasteiger partial charge >= 0.3 is 0 Å². The second-order valence-corrected chi connectivity index (χ2v) is 7.19. The minimum absolute atomic E-state index is 0.245. The third kappa shape index (κ3) is 3.68. The molecule has 2 aromatic heterocycles. The highest BCUT2D eigenvalue weighted by atomic mass is 32.1. The number of ether oxygens (including phenoxy) is 1. The average molecular weight is 378 g/mol. The lowest BCUT2D eigenvalue weighted by molar-refractivity contribution is 0.414. The van der Waals surface area contributed by atoms with Crippen molar-refractivity contribution in [2.45, 2.75) is 18.9 Å². The van der Waals surface area contributed by atoms with Gasteiger partial charge in [0.05, 0.1) is 31.7 Å². The zero-order chi connectivity index (χ0) is 18.6. The summed E-state index contributed by atoms with van der Waals surface area (Å²) in [4.78, 5) is 16.1. The molecule has 0 saturated carbocycles. The van der Waals surface area contributed by atoms with Crippen LogP contribution in [0.15, 0.2) is 42.9 Å². The number of rotatable bonds is 5. The Balaban J connectivity index is 1.57. The number of nitrogens with zero attached hydrogens (tertiary/aromatic N) is 5. The molecule has 3 heterocycles. The van der Waals surface area contributed by atoms with E-state index in [0.717, 1.165) is 31.0 Å². The van der Waals surface area contributed by atoms with Gasteiger partial charge in [-0.15, -0.1) is 0 Å². The SMILES string of the molecule is COc1cccc(C2CCCN2c2cncc(Nc3ncc(C#N)s3)n2)c1. The summed E-state index contributed by atoms with van der Waals surface area (Å²) in [6, 6.07) is 10.5. The maximum Gasteiger partial charge on any atom is 0.189 e. The summed E-state index contributed by atoms with van der Waals surface area (Å²) in [6.07, 6.45) is 7.15. The Hall–Kier alpha value is -3.18. The monoisotopic (exact) mass is 378 g/mol. The minimum Gasteiger partial charge on any atom is -0.497 e. The number of nitriles is 1. The molecule has 0 spiro atoms. The van der Waals surface area contributed by atoms with Crippen molar-refractivity contribution in [2.75, 3.05) is 23.9 Å². The van der Waals surface area contributed by atoms with Crippen molar-refractivity contribution >= 4 is 28.1 Å². The molecule has 0 aliphatic carbocycles. The fraction of sp³-hybridized carbons (Fsp3) is 0.263. The zero-order valence-electron chi connectivity index (χ0n) is 14.8. The Morgan fingerprint density at radius 2 is 2.26 bits per heavy atom. The molecule has 27 heavy (non-hydrogen) atoms. The molecular weight excluding hydrogens is 360 g/mol. The summed E-state index contributed by atoms with van der Waals surface area (Å²) in [5.74, 6) is 2.29. The second kappa shape index (κ2) is 7.60. The molecule has 7 nitrogen and oxygen atoms in total. The van der Waals surface area contributed by atoms with Crippen LogP contribution in [0.5, 0.6) is 5.75 Å². The van der Waals surface area contributed by atoms with E-state index in [1.807, 2.05) is 12.1 Å². The van der Waals surface area contributed by atoms with Gasteiger partial charge in [-0.25, -0.2) is 9.97 Å². The summed E-state index contributed by atoms with van der Waals surface area (Å²) >= 11 is 1.29.